The second-order valence-corrected chi connectivity index (χ2v) is 9.13. The molecule has 0 amide bonds. The summed E-state index contributed by atoms with van der Waals surface area (Å²) >= 11 is 0. The van der Waals surface area contributed by atoms with E-state index in [0.717, 1.165) is 59.5 Å². The summed E-state index contributed by atoms with van der Waals surface area (Å²) in [5, 5.41) is 22.0. The highest BCUT2D eigenvalue weighted by Gasteiger charge is 2.29. The van der Waals surface area contributed by atoms with Crippen molar-refractivity contribution in [3.05, 3.63) is 65.9 Å². The molecule has 2 aromatic carbocycles. The first-order valence-corrected chi connectivity index (χ1v) is 12.2. The van der Waals surface area contributed by atoms with E-state index in [1.807, 2.05) is 48.5 Å². The van der Waals surface area contributed by atoms with Crippen LogP contribution in [0.5, 0.6) is 11.5 Å². The average molecular weight is 475 g/mol. The summed E-state index contributed by atoms with van der Waals surface area (Å²) in [7, 11) is 3.29. The van der Waals surface area contributed by atoms with Crippen LogP contribution in [0, 0.1) is 23.7 Å². The highest BCUT2D eigenvalue weighted by molar-refractivity contribution is 5.83. The molecule has 6 nitrogen and oxygen atoms in total. The van der Waals surface area contributed by atoms with Crippen molar-refractivity contribution in [1.82, 2.24) is 9.88 Å². The van der Waals surface area contributed by atoms with Crippen LogP contribution in [-0.4, -0.2) is 60.6 Å². The smallest absolute Gasteiger partial charge is 0.119 e. The van der Waals surface area contributed by atoms with Crippen LogP contribution in [0.1, 0.15) is 36.5 Å². The molecule has 1 fully saturated rings. The van der Waals surface area contributed by atoms with Gasteiger partial charge in [0.2, 0.25) is 0 Å². The van der Waals surface area contributed by atoms with Gasteiger partial charge in [0.15, 0.2) is 0 Å². The monoisotopic (exact) mass is 474 g/mol. The Morgan fingerprint density at radius 2 is 1.83 bits per heavy atom. The number of ether oxygens (including phenoxy) is 2. The second-order valence-electron chi connectivity index (χ2n) is 9.13. The molecule has 1 aliphatic heterocycles. The van der Waals surface area contributed by atoms with Gasteiger partial charge >= 0.3 is 0 Å². The normalized spacial score (nSPS) is 19.1. The van der Waals surface area contributed by atoms with Crippen LogP contribution in [0.4, 0.5) is 0 Å². The number of methoxy groups -OCH3 is 2. The van der Waals surface area contributed by atoms with Gasteiger partial charge < -0.3 is 19.7 Å². The molecule has 4 rings (SSSR count). The Morgan fingerprint density at radius 1 is 1.06 bits per heavy atom. The van der Waals surface area contributed by atoms with E-state index < -0.39 is 6.10 Å². The number of rotatable bonds is 8. The number of likely N-dealkylation sites (tertiary alicyclic amines) is 1. The number of aromatic nitrogens is 1. The minimum Gasteiger partial charge on any atom is -0.497 e. The Morgan fingerprint density at radius 3 is 2.57 bits per heavy atom. The van der Waals surface area contributed by atoms with Gasteiger partial charge in [-0.1, -0.05) is 11.8 Å². The highest BCUT2D eigenvalue weighted by Crippen LogP contribution is 2.33. The Bertz CT molecular complexity index is 1170. The molecule has 0 bridgehead atoms. The van der Waals surface area contributed by atoms with E-state index in [9.17, 15) is 10.2 Å². The van der Waals surface area contributed by atoms with E-state index in [1.165, 1.54) is 0 Å². The third-order valence-corrected chi connectivity index (χ3v) is 6.99. The Labute approximate surface area is 207 Å². The SMILES string of the molecule is COc1ccc(C#CCN2CC[C@@H](CCC(O)c3ccnc4ccc(OC)cc34)[C@@H](CO)C2)cc1. The largest absolute Gasteiger partial charge is 0.497 e. The number of aliphatic hydroxyl groups excluding tert-OH is 2. The van der Waals surface area contributed by atoms with Crippen molar-refractivity contribution < 1.29 is 19.7 Å². The molecule has 35 heavy (non-hydrogen) atoms. The van der Waals surface area contributed by atoms with Gasteiger partial charge in [0.25, 0.3) is 0 Å². The Balaban J connectivity index is 1.32. The van der Waals surface area contributed by atoms with Crippen molar-refractivity contribution in [3.8, 4) is 23.3 Å². The van der Waals surface area contributed by atoms with Gasteiger partial charge in [-0.25, -0.2) is 0 Å². The summed E-state index contributed by atoms with van der Waals surface area (Å²) in [5.41, 5.74) is 2.69. The predicted molar refractivity (Wildman–Crippen MR) is 137 cm³/mol. The molecule has 0 radical (unpaired) electrons. The van der Waals surface area contributed by atoms with Gasteiger partial charge in [-0.2, -0.15) is 0 Å². The third kappa shape index (κ3) is 6.32. The maximum absolute atomic E-state index is 11.0. The minimum atomic E-state index is -0.583. The van der Waals surface area contributed by atoms with Gasteiger partial charge in [0.1, 0.15) is 11.5 Å². The van der Waals surface area contributed by atoms with Crippen LogP contribution in [0.15, 0.2) is 54.7 Å². The van der Waals surface area contributed by atoms with Gasteiger partial charge in [-0.05, 0) is 91.7 Å². The summed E-state index contributed by atoms with van der Waals surface area (Å²) in [6.45, 7) is 2.61. The van der Waals surface area contributed by atoms with Crippen LogP contribution in [0.25, 0.3) is 10.9 Å². The first-order chi connectivity index (χ1) is 17.1. The number of hydrogen-bond donors (Lipinski definition) is 2. The number of benzene rings is 2. The van der Waals surface area contributed by atoms with Crippen molar-refractivity contribution in [2.75, 3.05) is 40.5 Å². The lowest BCUT2D eigenvalue weighted by atomic mass is 9.81. The molecule has 3 atom stereocenters. The van der Waals surface area contributed by atoms with Crippen molar-refractivity contribution in [2.45, 2.75) is 25.4 Å². The quantitative estimate of drug-likeness (QED) is 0.480. The summed E-state index contributed by atoms with van der Waals surface area (Å²) in [4.78, 5) is 6.73. The molecule has 0 spiro atoms. The highest BCUT2D eigenvalue weighted by atomic mass is 16.5. The van der Waals surface area contributed by atoms with Crippen LogP contribution in [0.2, 0.25) is 0 Å². The van der Waals surface area contributed by atoms with Crippen LogP contribution in [-0.2, 0) is 0 Å². The number of fused-ring (bicyclic) bond motifs is 1. The maximum Gasteiger partial charge on any atom is 0.119 e. The third-order valence-electron chi connectivity index (χ3n) is 6.99. The van der Waals surface area contributed by atoms with E-state index in [4.69, 9.17) is 9.47 Å². The second kappa shape index (κ2) is 12.0. The van der Waals surface area contributed by atoms with E-state index in [-0.39, 0.29) is 12.5 Å². The lowest BCUT2D eigenvalue weighted by Gasteiger charge is -2.37. The summed E-state index contributed by atoms with van der Waals surface area (Å²) in [6, 6.07) is 15.4. The van der Waals surface area contributed by atoms with E-state index in [2.05, 4.69) is 21.7 Å². The summed E-state index contributed by atoms with van der Waals surface area (Å²) in [5.74, 6) is 8.62. The molecular weight excluding hydrogens is 440 g/mol. The van der Waals surface area contributed by atoms with E-state index in [0.29, 0.717) is 18.9 Å². The first-order valence-electron chi connectivity index (χ1n) is 12.2. The molecule has 184 valence electrons. The molecule has 3 aromatic rings. The molecule has 1 unspecified atom stereocenters. The zero-order chi connectivity index (χ0) is 24.6. The van der Waals surface area contributed by atoms with Crippen molar-refractivity contribution in [3.63, 3.8) is 0 Å². The fourth-order valence-corrected chi connectivity index (χ4v) is 4.91. The molecule has 2 N–H and O–H groups in total. The zero-order valence-electron chi connectivity index (χ0n) is 20.5. The zero-order valence-corrected chi connectivity index (χ0v) is 20.5. The van der Waals surface area contributed by atoms with Crippen molar-refractivity contribution >= 4 is 10.9 Å². The lowest BCUT2D eigenvalue weighted by Crippen LogP contribution is -2.42. The minimum absolute atomic E-state index is 0.151. The average Bonchev–Trinajstić information content (AvgIpc) is 2.91. The first kappa shape index (κ1) is 25.0. The Kier molecular flexibility index (Phi) is 8.59. The molecule has 2 heterocycles. The van der Waals surface area contributed by atoms with E-state index in [1.54, 1.807) is 20.4 Å². The van der Waals surface area contributed by atoms with Crippen LogP contribution in [0.3, 0.4) is 0 Å². The van der Waals surface area contributed by atoms with Gasteiger partial charge in [0.05, 0.1) is 32.4 Å². The number of nitrogens with zero attached hydrogens (tertiary/aromatic N) is 2. The molecule has 1 saturated heterocycles. The molecule has 0 aliphatic carbocycles. The van der Waals surface area contributed by atoms with Gasteiger partial charge in [0, 0.05) is 30.3 Å². The fraction of sp³-hybridized carbons (Fsp3) is 0.414. The fourth-order valence-electron chi connectivity index (χ4n) is 4.91. The lowest BCUT2D eigenvalue weighted by molar-refractivity contribution is 0.0640. The number of pyridine rings is 1. The maximum atomic E-state index is 11.0. The topological polar surface area (TPSA) is 75.1 Å². The van der Waals surface area contributed by atoms with Crippen LogP contribution >= 0.6 is 0 Å². The standard InChI is InChI=1S/C29H34N2O4/c1-34-24-8-5-21(6-9-24)4-3-16-31-17-14-22(23(19-31)20-32)7-12-29(33)26-13-15-30-28-11-10-25(35-2)18-27(26)28/h5-6,8-11,13,15,18,22-23,29,32-33H,7,12,14,16-17,19-20H2,1-2H3/t22-,23-,29?/m1/s1. The molecule has 1 aliphatic rings. The molecule has 1 aromatic heterocycles. The summed E-state index contributed by atoms with van der Waals surface area (Å²) < 4.78 is 10.5. The molecule has 0 saturated carbocycles. The number of hydrogen-bond acceptors (Lipinski definition) is 6. The Hall–Kier alpha value is -3.11. The van der Waals surface area contributed by atoms with Gasteiger partial charge in [-0.15, -0.1) is 0 Å². The van der Waals surface area contributed by atoms with E-state index >= 15 is 0 Å². The van der Waals surface area contributed by atoms with Crippen molar-refractivity contribution in [1.29, 1.82) is 0 Å². The van der Waals surface area contributed by atoms with Crippen molar-refractivity contribution in [2.24, 2.45) is 11.8 Å². The summed E-state index contributed by atoms with van der Waals surface area (Å²) in [6.07, 6.45) is 3.67. The number of piperidine rings is 1. The predicted octanol–water partition coefficient (Wildman–Crippen LogP) is 4.05. The molecule has 6 heteroatoms. The van der Waals surface area contributed by atoms with Crippen LogP contribution < -0.4 is 9.47 Å². The van der Waals surface area contributed by atoms with Gasteiger partial charge in [-0.3, -0.25) is 9.88 Å². The number of aliphatic hydroxyl groups is 2. The molecular formula is C29H34N2O4.